The van der Waals surface area contributed by atoms with Crippen LogP contribution < -0.4 is 14.8 Å². The van der Waals surface area contributed by atoms with Crippen LogP contribution >= 0.6 is 0 Å². The van der Waals surface area contributed by atoms with Crippen molar-refractivity contribution in [2.75, 3.05) is 6.61 Å². The van der Waals surface area contributed by atoms with E-state index in [1.54, 1.807) is 12.1 Å². The van der Waals surface area contributed by atoms with Gasteiger partial charge in [-0.2, -0.15) is 5.26 Å². The molecule has 1 N–H and O–H groups in total. The van der Waals surface area contributed by atoms with Crippen molar-refractivity contribution in [3.8, 4) is 28.8 Å². The van der Waals surface area contributed by atoms with Crippen molar-refractivity contribution in [3.63, 3.8) is 0 Å². The van der Waals surface area contributed by atoms with E-state index < -0.39 is 0 Å². The van der Waals surface area contributed by atoms with Gasteiger partial charge in [-0.1, -0.05) is 42.5 Å². The number of nitrogens with one attached hydrogen (secondary N) is 1. The van der Waals surface area contributed by atoms with Crippen LogP contribution in [0.5, 0.6) is 11.6 Å². The molecule has 1 saturated carbocycles. The summed E-state index contributed by atoms with van der Waals surface area (Å²) in [6.45, 7) is -0.00370. The second-order valence-corrected chi connectivity index (χ2v) is 7.83. The van der Waals surface area contributed by atoms with E-state index in [-0.39, 0.29) is 24.7 Å². The predicted octanol–water partition coefficient (Wildman–Crippen LogP) is 4.51. The third-order valence-corrected chi connectivity index (χ3v) is 5.52. The number of amides is 1. The molecule has 6 nitrogen and oxygen atoms in total. The van der Waals surface area contributed by atoms with Crippen LogP contribution in [0.1, 0.15) is 31.2 Å². The molecule has 0 saturated heterocycles. The second-order valence-electron chi connectivity index (χ2n) is 7.83. The summed E-state index contributed by atoms with van der Waals surface area (Å²) in [4.78, 5) is 16.5. The smallest absolute Gasteiger partial charge is 0.258 e. The third-order valence-electron chi connectivity index (χ3n) is 5.52. The molecule has 0 atom stereocenters. The highest BCUT2D eigenvalue weighted by Crippen LogP contribution is 2.24. The number of nitriles is 1. The summed E-state index contributed by atoms with van der Waals surface area (Å²) < 4.78 is 11.5. The van der Waals surface area contributed by atoms with Gasteiger partial charge in [0.1, 0.15) is 17.9 Å². The zero-order valence-corrected chi connectivity index (χ0v) is 17.7. The van der Waals surface area contributed by atoms with Gasteiger partial charge < -0.3 is 14.8 Å². The summed E-state index contributed by atoms with van der Waals surface area (Å²) in [7, 11) is 0. The van der Waals surface area contributed by atoms with E-state index in [1.165, 1.54) is 6.20 Å². The van der Waals surface area contributed by atoms with Crippen LogP contribution in [0.25, 0.3) is 11.1 Å². The number of hydrogen-bond acceptors (Lipinski definition) is 5. The largest absolute Gasteiger partial charge is 0.484 e. The molecule has 0 aliphatic heterocycles. The Labute approximate surface area is 187 Å². The molecular formula is C26H25N3O3. The van der Waals surface area contributed by atoms with E-state index in [0.717, 1.165) is 36.8 Å². The Morgan fingerprint density at radius 2 is 1.69 bits per heavy atom. The first-order valence-corrected chi connectivity index (χ1v) is 10.8. The van der Waals surface area contributed by atoms with Crippen molar-refractivity contribution in [2.24, 2.45) is 0 Å². The van der Waals surface area contributed by atoms with Gasteiger partial charge in [-0.05, 0) is 55.0 Å². The highest BCUT2D eigenvalue weighted by molar-refractivity contribution is 5.77. The number of nitrogens with zero attached hydrogens (tertiary/aromatic N) is 2. The lowest BCUT2D eigenvalue weighted by Crippen LogP contribution is -2.41. The Morgan fingerprint density at radius 3 is 2.34 bits per heavy atom. The lowest BCUT2D eigenvalue weighted by atomic mass is 9.93. The van der Waals surface area contributed by atoms with Gasteiger partial charge in [-0.15, -0.1) is 0 Å². The van der Waals surface area contributed by atoms with Gasteiger partial charge in [-0.3, -0.25) is 4.79 Å². The first-order valence-electron chi connectivity index (χ1n) is 10.8. The van der Waals surface area contributed by atoms with Crippen molar-refractivity contribution in [3.05, 3.63) is 78.5 Å². The van der Waals surface area contributed by atoms with Gasteiger partial charge in [0.2, 0.25) is 5.88 Å². The minimum absolute atomic E-state index is 0.00370. The first-order chi connectivity index (χ1) is 15.7. The van der Waals surface area contributed by atoms with E-state index in [4.69, 9.17) is 14.7 Å². The number of carbonyl (C=O) groups excluding carboxylic acids is 1. The Bertz CT molecular complexity index is 1050. The summed E-state index contributed by atoms with van der Waals surface area (Å²) in [5, 5.41) is 11.9. The van der Waals surface area contributed by atoms with E-state index >= 15 is 0 Å². The molecule has 1 aromatic heterocycles. The maximum atomic E-state index is 12.3. The topological polar surface area (TPSA) is 84.2 Å². The molecule has 0 radical (unpaired) electrons. The monoisotopic (exact) mass is 427 g/mol. The van der Waals surface area contributed by atoms with Gasteiger partial charge in [0.25, 0.3) is 5.91 Å². The average Bonchev–Trinajstić information content (AvgIpc) is 2.85. The summed E-state index contributed by atoms with van der Waals surface area (Å²) in [6.07, 6.45) is 4.96. The lowest BCUT2D eigenvalue weighted by molar-refractivity contribution is -0.124. The number of aromatic nitrogens is 1. The number of hydrogen-bond donors (Lipinski definition) is 1. The van der Waals surface area contributed by atoms with E-state index in [1.807, 2.05) is 48.5 Å². The summed E-state index contributed by atoms with van der Waals surface area (Å²) in [5.74, 6) is 1.09. The van der Waals surface area contributed by atoms with Crippen LogP contribution in [0, 0.1) is 11.3 Å². The minimum Gasteiger partial charge on any atom is -0.484 e. The van der Waals surface area contributed by atoms with Crippen molar-refractivity contribution in [1.82, 2.24) is 10.3 Å². The minimum atomic E-state index is -0.115. The fourth-order valence-electron chi connectivity index (χ4n) is 3.80. The fourth-order valence-corrected chi connectivity index (χ4v) is 3.80. The van der Waals surface area contributed by atoms with Crippen LogP contribution in [-0.4, -0.2) is 29.6 Å². The number of carbonyl (C=O) groups is 1. The van der Waals surface area contributed by atoms with Gasteiger partial charge >= 0.3 is 0 Å². The highest BCUT2D eigenvalue weighted by atomic mass is 16.5. The van der Waals surface area contributed by atoms with Crippen molar-refractivity contribution < 1.29 is 14.3 Å². The summed E-state index contributed by atoms with van der Waals surface area (Å²) in [6, 6.07) is 23.5. The molecule has 2 aromatic carbocycles. The SMILES string of the molecule is N#Cc1ccc(OC2CCC(NC(=O)COc3ccc(-c4ccccc4)cc3)CC2)nc1. The lowest BCUT2D eigenvalue weighted by Gasteiger charge is -2.29. The number of rotatable bonds is 7. The Hall–Kier alpha value is -3.85. The summed E-state index contributed by atoms with van der Waals surface area (Å²) in [5.41, 5.74) is 2.77. The van der Waals surface area contributed by atoms with Crippen molar-refractivity contribution >= 4 is 5.91 Å². The molecule has 1 amide bonds. The second kappa shape index (κ2) is 10.5. The number of ether oxygens (including phenoxy) is 2. The zero-order chi connectivity index (χ0) is 22.2. The molecular weight excluding hydrogens is 402 g/mol. The van der Waals surface area contributed by atoms with Crippen LogP contribution in [0.4, 0.5) is 0 Å². The highest BCUT2D eigenvalue weighted by Gasteiger charge is 2.24. The van der Waals surface area contributed by atoms with Gasteiger partial charge in [0, 0.05) is 18.3 Å². The molecule has 1 heterocycles. The van der Waals surface area contributed by atoms with E-state index in [0.29, 0.717) is 17.2 Å². The molecule has 0 spiro atoms. The fraction of sp³-hybridized carbons (Fsp3) is 0.269. The van der Waals surface area contributed by atoms with Crippen LogP contribution in [0.2, 0.25) is 0 Å². The maximum Gasteiger partial charge on any atom is 0.258 e. The van der Waals surface area contributed by atoms with Gasteiger partial charge in [0.15, 0.2) is 6.61 Å². The first kappa shape index (κ1) is 21.4. The van der Waals surface area contributed by atoms with Gasteiger partial charge in [0.05, 0.1) is 5.56 Å². The molecule has 6 heteroatoms. The molecule has 32 heavy (non-hydrogen) atoms. The molecule has 162 valence electrons. The normalized spacial score (nSPS) is 17.7. The molecule has 3 aromatic rings. The number of benzene rings is 2. The third kappa shape index (κ3) is 5.86. The molecule has 0 bridgehead atoms. The Kier molecular flexibility index (Phi) is 6.98. The summed E-state index contributed by atoms with van der Waals surface area (Å²) >= 11 is 0. The van der Waals surface area contributed by atoms with Crippen molar-refractivity contribution in [1.29, 1.82) is 5.26 Å². The number of pyridine rings is 1. The molecule has 4 rings (SSSR count). The zero-order valence-electron chi connectivity index (χ0n) is 17.7. The molecule has 1 fully saturated rings. The van der Waals surface area contributed by atoms with Gasteiger partial charge in [-0.25, -0.2) is 4.98 Å². The Balaban J connectivity index is 1.18. The van der Waals surface area contributed by atoms with Crippen LogP contribution in [-0.2, 0) is 4.79 Å². The molecule has 1 aliphatic rings. The van der Waals surface area contributed by atoms with E-state index in [9.17, 15) is 4.79 Å². The van der Waals surface area contributed by atoms with Crippen LogP contribution in [0.3, 0.4) is 0 Å². The Morgan fingerprint density at radius 1 is 0.969 bits per heavy atom. The predicted molar refractivity (Wildman–Crippen MR) is 121 cm³/mol. The average molecular weight is 428 g/mol. The maximum absolute atomic E-state index is 12.3. The standard InChI is InChI=1S/C26H25N3O3/c27-16-19-6-15-26(28-17-19)32-24-13-9-22(10-14-24)29-25(30)18-31-23-11-7-21(8-12-23)20-4-2-1-3-5-20/h1-8,11-12,15,17,22,24H,9-10,13-14,18H2,(H,29,30). The quantitative estimate of drug-likeness (QED) is 0.600. The van der Waals surface area contributed by atoms with E-state index in [2.05, 4.69) is 22.4 Å². The molecule has 1 aliphatic carbocycles. The molecule has 0 unspecified atom stereocenters. The van der Waals surface area contributed by atoms with Crippen molar-refractivity contribution in [2.45, 2.75) is 37.8 Å². The van der Waals surface area contributed by atoms with Crippen LogP contribution in [0.15, 0.2) is 72.9 Å².